The summed E-state index contributed by atoms with van der Waals surface area (Å²) in [5.74, 6) is -0.0310. The van der Waals surface area contributed by atoms with Gasteiger partial charge in [-0.05, 0) is 6.42 Å². The second-order valence-corrected chi connectivity index (χ2v) is 4.76. The molecule has 86 valence electrons. The number of thiazole rings is 1. The molecule has 0 atom stereocenters. The van der Waals surface area contributed by atoms with E-state index in [0.717, 1.165) is 13.0 Å². The van der Waals surface area contributed by atoms with Gasteiger partial charge in [0, 0.05) is 13.1 Å². The summed E-state index contributed by atoms with van der Waals surface area (Å²) in [7, 11) is 0. The monoisotopic (exact) mass is 259 g/mol. The Labute approximate surface area is 101 Å². The molecule has 7 heteroatoms. The van der Waals surface area contributed by atoms with Crippen LogP contribution >= 0.6 is 22.9 Å². The molecule has 2 rings (SSSR count). The van der Waals surface area contributed by atoms with Crippen LogP contribution in [-0.2, 0) is 4.79 Å². The third-order valence-corrected chi connectivity index (χ3v) is 3.68. The van der Waals surface area contributed by atoms with E-state index in [-0.39, 0.29) is 17.6 Å². The number of halogens is 1. The molecule has 1 aliphatic rings. The van der Waals surface area contributed by atoms with Crippen LogP contribution in [0, 0.1) is 0 Å². The zero-order chi connectivity index (χ0) is 11.5. The van der Waals surface area contributed by atoms with Crippen molar-refractivity contribution in [2.45, 2.75) is 6.42 Å². The van der Waals surface area contributed by atoms with Crippen LogP contribution in [-0.4, -0.2) is 36.8 Å². The molecular formula is C9H10ClN3O2S. The minimum absolute atomic E-state index is 0.0310. The molecular weight excluding hydrogens is 250 g/mol. The molecule has 0 spiro atoms. The topological polar surface area (TPSA) is 62.3 Å². The number of amides is 1. The Morgan fingerprint density at radius 2 is 2.38 bits per heavy atom. The van der Waals surface area contributed by atoms with Gasteiger partial charge in [0.05, 0.1) is 6.54 Å². The summed E-state index contributed by atoms with van der Waals surface area (Å²) in [5, 5.41) is 3.61. The summed E-state index contributed by atoms with van der Waals surface area (Å²) in [4.78, 5) is 28.3. The molecule has 16 heavy (non-hydrogen) atoms. The lowest BCUT2D eigenvalue weighted by atomic mass is 10.4. The Kier molecular flexibility index (Phi) is 3.40. The van der Waals surface area contributed by atoms with E-state index in [9.17, 15) is 9.59 Å². The second-order valence-electron chi connectivity index (χ2n) is 3.39. The molecule has 1 fully saturated rings. The Bertz CT molecular complexity index is 421. The Hall–Kier alpha value is -1.14. The van der Waals surface area contributed by atoms with Crippen molar-refractivity contribution in [2.75, 3.05) is 24.5 Å². The molecule has 1 aromatic rings. The molecule has 1 N–H and O–H groups in total. The SMILES string of the molecule is O=Cc1sc(N2CCCNC(=O)C2)nc1Cl. The van der Waals surface area contributed by atoms with Gasteiger partial charge < -0.3 is 10.2 Å². The first-order chi connectivity index (χ1) is 7.70. The van der Waals surface area contributed by atoms with Gasteiger partial charge in [-0.2, -0.15) is 0 Å². The standard InChI is InChI=1S/C9H10ClN3O2S/c10-8-6(5-14)16-9(12-8)13-3-1-2-11-7(15)4-13/h5H,1-4H2,(H,11,15). The van der Waals surface area contributed by atoms with Gasteiger partial charge in [-0.15, -0.1) is 0 Å². The molecule has 1 saturated heterocycles. The predicted octanol–water partition coefficient (Wildman–Crippen LogP) is 0.935. The minimum atomic E-state index is -0.0310. The Balaban J connectivity index is 2.21. The number of nitrogens with one attached hydrogen (secondary N) is 1. The maximum Gasteiger partial charge on any atom is 0.239 e. The first kappa shape index (κ1) is 11.3. The van der Waals surface area contributed by atoms with Crippen LogP contribution in [0.4, 0.5) is 5.13 Å². The summed E-state index contributed by atoms with van der Waals surface area (Å²) in [5.41, 5.74) is 0. The van der Waals surface area contributed by atoms with Crippen molar-refractivity contribution in [3.63, 3.8) is 0 Å². The third kappa shape index (κ3) is 2.33. The number of carbonyl (C=O) groups excluding carboxylic acids is 2. The van der Waals surface area contributed by atoms with Crippen LogP contribution < -0.4 is 10.2 Å². The van der Waals surface area contributed by atoms with Crippen LogP contribution in [0.5, 0.6) is 0 Å². The highest BCUT2D eigenvalue weighted by molar-refractivity contribution is 7.17. The number of rotatable bonds is 2. The fraction of sp³-hybridized carbons (Fsp3) is 0.444. The lowest BCUT2D eigenvalue weighted by molar-refractivity contribution is -0.119. The van der Waals surface area contributed by atoms with Gasteiger partial charge in [-0.25, -0.2) is 4.98 Å². The quantitative estimate of drug-likeness (QED) is 0.803. The van der Waals surface area contributed by atoms with Crippen LogP contribution in [0.25, 0.3) is 0 Å². The van der Waals surface area contributed by atoms with Crippen LogP contribution in [0.2, 0.25) is 5.15 Å². The Morgan fingerprint density at radius 1 is 1.56 bits per heavy atom. The molecule has 0 unspecified atom stereocenters. The summed E-state index contributed by atoms with van der Waals surface area (Å²) < 4.78 is 0. The molecule has 5 nitrogen and oxygen atoms in total. The van der Waals surface area contributed by atoms with E-state index in [2.05, 4.69) is 10.3 Å². The lowest BCUT2D eigenvalue weighted by Crippen LogP contribution is -2.32. The lowest BCUT2D eigenvalue weighted by Gasteiger charge is -2.16. The highest BCUT2D eigenvalue weighted by Crippen LogP contribution is 2.28. The number of anilines is 1. The van der Waals surface area contributed by atoms with Gasteiger partial charge in [0.15, 0.2) is 16.6 Å². The molecule has 0 aromatic carbocycles. The van der Waals surface area contributed by atoms with Crippen LogP contribution in [0.15, 0.2) is 0 Å². The van der Waals surface area contributed by atoms with E-state index in [4.69, 9.17) is 11.6 Å². The van der Waals surface area contributed by atoms with Crippen LogP contribution in [0.1, 0.15) is 16.1 Å². The maximum absolute atomic E-state index is 11.3. The molecule has 1 aliphatic heterocycles. The van der Waals surface area contributed by atoms with Gasteiger partial charge >= 0.3 is 0 Å². The van der Waals surface area contributed by atoms with Crippen molar-refractivity contribution in [1.29, 1.82) is 0 Å². The van der Waals surface area contributed by atoms with Gasteiger partial charge in [0.2, 0.25) is 5.91 Å². The smallest absolute Gasteiger partial charge is 0.239 e. The van der Waals surface area contributed by atoms with Crippen molar-refractivity contribution in [2.24, 2.45) is 0 Å². The molecule has 0 saturated carbocycles. The largest absolute Gasteiger partial charge is 0.354 e. The molecule has 2 heterocycles. The van der Waals surface area contributed by atoms with Crippen molar-refractivity contribution in [3.8, 4) is 0 Å². The van der Waals surface area contributed by atoms with Crippen molar-refractivity contribution in [3.05, 3.63) is 10.0 Å². The predicted molar refractivity (Wildman–Crippen MR) is 62.4 cm³/mol. The van der Waals surface area contributed by atoms with Crippen LogP contribution in [0.3, 0.4) is 0 Å². The van der Waals surface area contributed by atoms with E-state index in [0.29, 0.717) is 22.8 Å². The second kappa shape index (κ2) is 4.80. The fourth-order valence-corrected chi connectivity index (χ4v) is 2.57. The van der Waals surface area contributed by atoms with E-state index in [1.54, 1.807) is 0 Å². The highest BCUT2D eigenvalue weighted by Gasteiger charge is 2.19. The van der Waals surface area contributed by atoms with Crippen molar-refractivity contribution < 1.29 is 9.59 Å². The van der Waals surface area contributed by atoms with Gasteiger partial charge in [-0.1, -0.05) is 22.9 Å². The van der Waals surface area contributed by atoms with Gasteiger partial charge in [0.1, 0.15) is 4.88 Å². The summed E-state index contributed by atoms with van der Waals surface area (Å²) in [6.07, 6.45) is 1.54. The summed E-state index contributed by atoms with van der Waals surface area (Å²) >= 11 is 6.99. The number of aromatic nitrogens is 1. The molecule has 1 amide bonds. The van der Waals surface area contributed by atoms with Gasteiger partial charge in [0.25, 0.3) is 0 Å². The third-order valence-electron chi connectivity index (χ3n) is 2.24. The average Bonchev–Trinajstić information content (AvgIpc) is 2.49. The van der Waals surface area contributed by atoms with E-state index in [1.165, 1.54) is 11.3 Å². The molecule has 0 radical (unpaired) electrons. The Morgan fingerprint density at radius 3 is 3.06 bits per heavy atom. The number of carbonyl (C=O) groups is 2. The summed E-state index contributed by atoms with van der Waals surface area (Å²) in [6.45, 7) is 1.68. The first-order valence-corrected chi connectivity index (χ1v) is 6.03. The number of hydrogen-bond acceptors (Lipinski definition) is 5. The van der Waals surface area contributed by atoms with Gasteiger partial charge in [-0.3, -0.25) is 9.59 Å². The number of aldehydes is 1. The number of hydrogen-bond donors (Lipinski definition) is 1. The molecule has 0 bridgehead atoms. The minimum Gasteiger partial charge on any atom is -0.354 e. The normalized spacial score (nSPS) is 16.8. The fourth-order valence-electron chi connectivity index (χ4n) is 1.48. The zero-order valence-electron chi connectivity index (χ0n) is 8.40. The number of nitrogens with zero attached hydrogens (tertiary/aromatic N) is 2. The van der Waals surface area contributed by atoms with E-state index in [1.807, 2.05) is 4.90 Å². The zero-order valence-corrected chi connectivity index (χ0v) is 9.98. The molecule has 0 aliphatic carbocycles. The van der Waals surface area contributed by atoms with E-state index >= 15 is 0 Å². The average molecular weight is 260 g/mol. The van der Waals surface area contributed by atoms with Crippen molar-refractivity contribution in [1.82, 2.24) is 10.3 Å². The first-order valence-electron chi connectivity index (χ1n) is 4.84. The molecule has 1 aromatic heterocycles. The van der Waals surface area contributed by atoms with E-state index < -0.39 is 0 Å². The maximum atomic E-state index is 11.3. The van der Waals surface area contributed by atoms with Crippen molar-refractivity contribution >= 4 is 40.3 Å². The highest BCUT2D eigenvalue weighted by atomic mass is 35.5. The summed E-state index contributed by atoms with van der Waals surface area (Å²) in [6, 6.07) is 0.